The predicted octanol–water partition coefficient (Wildman–Crippen LogP) is -0.629. The topological polar surface area (TPSA) is 64.1 Å². The van der Waals surface area contributed by atoms with Crippen molar-refractivity contribution in [2.45, 2.75) is 13.2 Å². The van der Waals surface area contributed by atoms with Crippen LogP contribution in [-0.2, 0) is 20.2 Å². The Hall–Kier alpha value is -0.870. The Morgan fingerprint density at radius 3 is 2.80 bits per heavy atom. The number of aryl methyl sites for hydroxylation is 1. The summed E-state index contributed by atoms with van der Waals surface area (Å²) in [6.07, 6.45) is 0. The number of aromatic nitrogens is 2. The van der Waals surface area contributed by atoms with Gasteiger partial charge in [-0.05, 0) is 6.07 Å². The fourth-order valence-electron chi connectivity index (χ4n) is 0.819. The molecule has 1 aromatic rings. The number of rotatable bonds is 2. The molecule has 0 aliphatic heterocycles. The first-order valence-corrected chi connectivity index (χ1v) is 3.10. The van der Waals surface area contributed by atoms with E-state index < -0.39 is 0 Å². The molecule has 3 N–H and O–H groups in total. The Bertz CT molecular complexity index is 219. The summed E-state index contributed by atoms with van der Waals surface area (Å²) in [6, 6.07) is 1.79. The summed E-state index contributed by atoms with van der Waals surface area (Å²) >= 11 is 0. The third-order valence-corrected chi connectivity index (χ3v) is 1.40. The lowest BCUT2D eigenvalue weighted by atomic mass is 10.4. The van der Waals surface area contributed by atoms with E-state index in [0.29, 0.717) is 6.54 Å². The van der Waals surface area contributed by atoms with Crippen LogP contribution in [0.3, 0.4) is 0 Å². The van der Waals surface area contributed by atoms with Crippen LogP contribution in [0.25, 0.3) is 0 Å². The summed E-state index contributed by atoms with van der Waals surface area (Å²) < 4.78 is 1.63. The molecule has 0 fully saturated rings. The minimum atomic E-state index is 0.0174. The van der Waals surface area contributed by atoms with E-state index in [4.69, 9.17) is 10.8 Å². The molecule has 0 amide bonds. The van der Waals surface area contributed by atoms with Crippen molar-refractivity contribution in [3.05, 3.63) is 17.5 Å². The van der Waals surface area contributed by atoms with Crippen molar-refractivity contribution in [2.24, 2.45) is 12.8 Å². The van der Waals surface area contributed by atoms with Gasteiger partial charge in [0.15, 0.2) is 0 Å². The predicted molar refractivity (Wildman–Crippen MR) is 37.0 cm³/mol. The molecular weight excluding hydrogens is 130 g/mol. The largest absolute Gasteiger partial charge is 0.390 e. The lowest BCUT2D eigenvalue weighted by Crippen LogP contribution is -1.99. The van der Waals surface area contributed by atoms with Crippen LogP contribution >= 0.6 is 0 Å². The highest BCUT2D eigenvalue weighted by atomic mass is 16.3. The normalized spacial score (nSPS) is 10.3. The van der Waals surface area contributed by atoms with E-state index in [1.165, 1.54) is 0 Å². The number of nitrogens with two attached hydrogens (primary N) is 1. The van der Waals surface area contributed by atoms with Crippen molar-refractivity contribution < 1.29 is 5.11 Å². The average Bonchev–Trinajstić information content (AvgIpc) is 2.30. The summed E-state index contributed by atoms with van der Waals surface area (Å²) in [4.78, 5) is 0. The van der Waals surface area contributed by atoms with Crippen LogP contribution in [-0.4, -0.2) is 14.9 Å². The Kier molecular flexibility index (Phi) is 2.03. The maximum atomic E-state index is 8.73. The minimum absolute atomic E-state index is 0.0174. The van der Waals surface area contributed by atoms with E-state index in [1.54, 1.807) is 17.8 Å². The fraction of sp³-hybridized carbons (Fsp3) is 0.500. The van der Waals surface area contributed by atoms with Crippen LogP contribution in [0.1, 0.15) is 11.4 Å². The van der Waals surface area contributed by atoms with Crippen molar-refractivity contribution >= 4 is 0 Å². The van der Waals surface area contributed by atoms with Crippen LogP contribution in [0, 0.1) is 0 Å². The summed E-state index contributed by atoms with van der Waals surface area (Å²) in [5.41, 5.74) is 6.93. The molecule has 1 heterocycles. The molecule has 0 atom stereocenters. The summed E-state index contributed by atoms with van der Waals surface area (Å²) in [7, 11) is 1.78. The Morgan fingerprint density at radius 2 is 2.50 bits per heavy atom. The monoisotopic (exact) mass is 141 g/mol. The van der Waals surface area contributed by atoms with E-state index in [-0.39, 0.29) is 6.61 Å². The molecule has 1 aromatic heterocycles. The van der Waals surface area contributed by atoms with Gasteiger partial charge in [-0.3, -0.25) is 4.68 Å². The maximum absolute atomic E-state index is 8.73. The maximum Gasteiger partial charge on any atom is 0.0849 e. The van der Waals surface area contributed by atoms with Crippen LogP contribution in [0.4, 0.5) is 0 Å². The van der Waals surface area contributed by atoms with E-state index in [9.17, 15) is 0 Å². The van der Waals surface area contributed by atoms with Gasteiger partial charge in [0.05, 0.1) is 18.0 Å². The van der Waals surface area contributed by atoms with Gasteiger partial charge in [-0.1, -0.05) is 0 Å². The number of nitrogens with zero attached hydrogens (tertiary/aromatic N) is 2. The van der Waals surface area contributed by atoms with Gasteiger partial charge in [0.1, 0.15) is 0 Å². The molecule has 10 heavy (non-hydrogen) atoms. The molecule has 0 saturated heterocycles. The fourth-order valence-corrected chi connectivity index (χ4v) is 0.819. The first-order valence-electron chi connectivity index (χ1n) is 3.10. The molecule has 56 valence electrons. The van der Waals surface area contributed by atoms with Crippen LogP contribution in [0.2, 0.25) is 0 Å². The molecule has 0 aliphatic rings. The molecule has 4 nitrogen and oxygen atoms in total. The van der Waals surface area contributed by atoms with E-state index in [1.807, 2.05) is 0 Å². The highest BCUT2D eigenvalue weighted by Crippen LogP contribution is 2.00. The lowest BCUT2D eigenvalue weighted by Gasteiger charge is -1.92. The second kappa shape index (κ2) is 2.81. The molecule has 0 spiro atoms. The van der Waals surface area contributed by atoms with Crippen molar-refractivity contribution in [3.63, 3.8) is 0 Å². The SMILES string of the molecule is Cn1nc(CN)cc1CO. The van der Waals surface area contributed by atoms with Gasteiger partial charge in [0.2, 0.25) is 0 Å². The smallest absolute Gasteiger partial charge is 0.0849 e. The molecule has 0 saturated carbocycles. The Labute approximate surface area is 59.3 Å². The van der Waals surface area contributed by atoms with Gasteiger partial charge in [0.25, 0.3) is 0 Å². The van der Waals surface area contributed by atoms with Crippen LogP contribution in [0.5, 0.6) is 0 Å². The third kappa shape index (κ3) is 1.17. The molecule has 0 aliphatic carbocycles. The average molecular weight is 141 g/mol. The van der Waals surface area contributed by atoms with Crippen molar-refractivity contribution in [2.75, 3.05) is 0 Å². The van der Waals surface area contributed by atoms with Crippen LogP contribution < -0.4 is 5.73 Å². The zero-order valence-corrected chi connectivity index (χ0v) is 5.91. The van der Waals surface area contributed by atoms with Crippen molar-refractivity contribution in [1.82, 2.24) is 9.78 Å². The summed E-state index contributed by atoms with van der Waals surface area (Å²) in [6.45, 7) is 0.442. The highest BCUT2D eigenvalue weighted by molar-refractivity contribution is 5.08. The van der Waals surface area contributed by atoms with Crippen LogP contribution in [0.15, 0.2) is 6.07 Å². The quantitative estimate of drug-likeness (QED) is 0.576. The third-order valence-electron chi connectivity index (χ3n) is 1.40. The molecule has 0 aromatic carbocycles. The Morgan fingerprint density at radius 1 is 1.80 bits per heavy atom. The van der Waals surface area contributed by atoms with Crippen molar-refractivity contribution in [3.8, 4) is 0 Å². The second-order valence-corrected chi connectivity index (χ2v) is 2.11. The standard InChI is InChI=1S/C6H11N3O/c1-9-6(4-10)2-5(3-7)8-9/h2,10H,3-4,7H2,1H3. The molecule has 4 heteroatoms. The second-order valence-electron chi connectivity index (χ2n) is 2.11. The van der Waals surface area contributed by atoms with Gasteiger partial charge < -0.3 is 10.8 Å². The van der Waals surface area contributed by atoms with E-state index in [2.05, 4.69) is 5.10 Å². The molecule has 0 radical (unpaired) electrons. The first-order chi connectivity index (χ1) is 4.77. The molecule has 1 rings (SSSR count). The van der Waals surface area contributed by atoms with Gasteiger partial charge >= 0.3 is 0 Å². The molecule has 0 bridgehead atoms. The number of hydrogen-bond donors (Lipinski definition) is 2. The summed E-state index contributed by atoms with van der Waals surface area (Å²) in [5.74, 6) is 0. The van der Waals surface area contributed by atoms with E-state index in [0.717, 1.165) is 11.4 Å². The lowest BCUT2D eigenvalue weighted by molar-refractivity contribution is 0.270. The number of aliphatic hydroxyl groups excluding tert-OH is 1. The minimum Gasteiger partial charge on any atom is -0.390 e. The number of aliphatic hydroxyl groups is 1. The Balaban J connectivity index is 2.92. The number of hydrogen-bond acceptors (Lipinski definition) is 3. The summed E-state index contributed by atoms with van der Waals surface area (Å²) in [5, 5.41) is 12.8. The van der Waals surface area contributed by atoms with Gasteiger partial charge in [-0.15, -0.1) is 0 Å². The van der Waals surface area contributed by atoms with E-state index >= 15 is 0 Å². The molecular formula is C6H11N3O. The highest BCUT2D eigenvalue weighted by Gasteiger charge is 2.00. The zero-order chi connectivity index (χ0) is 7.56. The first kappa shape index (κ1) is 7.24. The zero-order valence-electron chi connectivity index (χ0n) is 5.91. The van der Waals surface area contributed by atoms with Crippen molar-refractivity contribution in [1.29, 1.82) is 0 Å². The van der Waals surface area contributed by atoms with Gasteiger partial charge in [0, 0.05) is 13.6 Å². The molecule has 0 unspecified atom stereocenters. The van der Waals surface area contributed by atoms with Gasteiger partial charge in [-0.25, -0.2) is 0 Å². The van der Waals surface area contributed by atoms with Gasteiger partial charge in [-0.2, -0.15) is 5.10 Å².